The first-order valence-electron chi connectivity index (χ1n) is 6.56. The number of ether oxygens (including phenoxy) is 1. The van der Waals surface area contributed by atoms with Crippen LogP contribution in [0.15, 0.2) is 0 Å². The molecule has 3 nitrogen and oxygen atoms in total. The maximum Gasteiger partial charge on any atom is 0.325 e. The minimum absolute atomic E-state index is 0.118. The topological polar surface area (TPSA) is 38.3 Å². The third kappa shape index (κ3) is 5.30. The van der Waals surface area contributed by atoms with Crippen molar-refractivity contribution < 1.29 is 9.53 Å². The Morgan fingerprint density at radius 2 is 2.18 bits per heavy atom. The van der Waals surface area contributed by atoms with Crippen LogP contribution in [-0.4, -0.2) is 36.2 Å². The monoisotopic (exact) mass is 259 g/mol. The van der Waals surface area contributed by atoms with Crippen molar-refractivity contribution in [1.82, 2.24) is 5.32 Å². The van der Waals surface area contributed by atoms with Gasteiger partial charge in [0.15, 0.2) is 0 Å². The van der Waals surface area contributed by atoms with Crippen LogP contribution in [0.2, 0.25) is 0 Å². The summed E-state index contributed by atoms with van der Waals surface area (Å²) in [4.78, 5) is 11.8. The van der Waals surface area contributed by atoms with Crippen LogP contribution in [0.25, 0.3) is 0 Å². The maximum absolute atomic E-state index is 11.8. The molecule has 0 radical (unpaired) electrons. The Labute approximate surface area is 109 Å². The Morgan fingerprint density at radius 3 is 2.71 bits per heavy atom. The lowest BCUT2D eigenvalue weighted by atomic mass is 9.95. The van der Waals surface area contributed by atoms with Crippen molar-refractivity contribution in [3.8, 4) is 0 Å². The Hall–Kier alpha value is -0.220. The van der Waals surface area contributed by atoms with Crippen LogP contribution in [0.4, 0.5) is 0 Å². The van der Waals surface area contributed by atoms with Crippen molar-refractivity contribution in [3.05, 3.63) is 0 Å². The van der Waals surface area contributed by atoms with Crippen molar-refractivity contribution in [2.24, 2.45) is 0 Å². The molecular weight excluding hydrogens is 234 g/mol. The van der Waals surface area contributed by atoms with E-state index in [1.807, 2.05) is 18.7 Å². The molecule has 0 amide bonds. The summed E-state index contributed by atoms with van der Waals surface area (Å²) in [7, 11) is 1.47. The second kappa shape index (κ2) is 7.27. The highest BCUT2D eigenvalue weighted by Gasteiger charge is 2.38. The number of carbonyl (C=O) groups is 1. The fourth-order valence-corrected chi connectivity index (χ4v) is 2.66. The maximum atomic E-state index is 11.8. The van der Waals surface area contributed by atoms with Gasteiger partial charge in [0.1, 0.15) is 5.54 Å². The van der Waals surface area contributed by atoms with Gasteiger partial charge in [0, 0.05) is 6.04 Å². The van der Waals surface area contributed by atoms with Gasteiger partial charge < -0.3 is 4.74 Å². The minimum atomic E-state index is -0.479. The molecule has 1 aliphatic rings. The van der Waals surface area contributed by atoms with Gasteiger partial charge in [0.05, 0.1) is 7.11 Å². The Balaban J connectivity index is 2.31. The van der Waals surface area contributed by atoms with Gasteiger partial charge in [-0.2, -0.15) is 11.8 Å². The molecule has 0 aromatic rings. The van der Waals surface area contributed by atoms with Gasteiger partial charge >= 0.3 is 5.97 Å². The molecule has 0 heterocycles. The van der Waals surface area contributed by atoms with E-state index in [9.17, 15) is 4.79 Å². The summed E-state index contributed by atoms with van der Waals surface area (Å²) in [6, 6.07) is 0.532. The van der Waals surface area contributed by atoms with E-state index in [0.717, 1.165) is 12.8 Å². The summed E-state index contributed by atoms with van der Waals surface area (Å²) in [5.41, 5.74) is -0.479. The molecule has 0 aromatic carbocycles. The second-order valence-electron chi connectivity index (χ2n) is 4.90. The van der Waals surface area contributed by atoms with E-state index >= 15 is 0 Å². The smallest absolute Gasteiger partial charge is 0.325 e. The van der Waals surface area contributed by atoms with E-state index in [1.54, 1.807) is 0 Å². The molecule has 1 aliphatic carbocycles. The third-order valence-electron chi connectivity index (χ3n) is 3.16. The molecule has 1 atom stereocenters. The number of rotatable bonds is 9. The minimum Gasteiger partial charge on any atom is -0.468 e. The summed E-state index contributed by atoms with van der Waals surface area (Å²) in [5, 5.41) is 3.43. The number of methoxy groups -OCH3 is 1. The molecule has 0 aliphatic heterocycles. The number of esters is 1. The van der Waals surface area contributed by atoms with Crippen LogP contribution in [0.1, 0.15) is 46.0 Å². The molecule has 1 unspecified atom stereocenters. The number of hydrogen-bond acceptors (Lipinski definition) is 4. The van der Waals surface area contributed by atoms with Gasteiger partial charge in [-0.1, -0.05) is 13.3 Å². The molecule has 0 saturated heterocycles. The average Bonchev–Trinajstić information content (AvgIpc) is 3.11. The predicted octanol–water partition coefficient (Wildman–Crippen LogP) is 2.59. The summed E-state index contributed by atoms with van der Waals surface area (Å²) >= 11 is 1.96. The number of carbonyl (C=O) groups excluding carboxylic acids is 1. The van der Waals surface area contributed by atoms with E-state index in [1.165, 1.54) is 37.9 Å². The molecule has 1 fully saturated rings. The van der Waals surface area contributed by atoms with Gasteiger partial charge in [-0.15, -0.1) is 0 Å². The fourth-order valence-electron chi connectivity index (χ4n) is 1.96. The Kier molecular flexibility index (Phi) is 6.34. The zero-order valence-electron chi connectivity index (χ0n) is 11.3. The van der Waals surface area contributed by atoms with Crippen LogP contribution in [-0.2, 0) is 9.53 Å². The Morgan fingerprint density at radius 1 is 1.47 bits per heavy atom. The van der Waals surface area contributed by atoms with E-state index in [0.29, 0.717) is 6.04 Å². The quantitative estimate of drug-likeness (QED) is 0.510. The van der Waals surface area contributed by atoms with Crippen LogP contribution in [0.5, 0.6) is 0 Å². The normalized spacial score (nSPS) is 18.8. The van der Waals surface area contributed by atoms with Crippen LogP contribution in [0, 0.1) is 0 Å². The average molecular weight is 259 g/mol. The van der Waals surface area contributed by atoms with Gasteiger partial charge in [0.2, 0.25) is 0 Å². The van der Waals surface area contributed by atoms with E-state index in [2.05, 4.69) is 12.2 Å². The molecule has 0 bridgehead atoms. The highest BCUT2D eigenvalue weighted by molar-refractivity contribution is 7.99. The van der Waals surface area contributed by atoms with Crippen LogP contribution >= 0.6 is 11.8 Å². The van der Waals surface area contributed by atoms with E-state index in [-0.39, 0.29) is 5.97 Å². The molecule has 100 valence electrons. The zero-order valence-corrected chi connectivity index (χ0v) is 12.1. The Bertz CT molecular complexity index is 244. The molecule has 0 aromatic heterocycles. The second-order valence-corrected chi connectivity index (χ2v) is 6.29. The van der Waals surface area contributed by atoms with E-state index < -0.39 is 5.54 Å². The first-order chi connectivity index (χ1) is 8.12. The molecule has 17 heavy (non-hydrogen) atoms. The predicted molar refractivity (Wildman–Crippen MR) is 73.4 cm³/mol. The number of unbranched alkanes of at least 4 members (excludes halogenated alkanes) is 1. The van der Waals surface area contributed by atoms with E-state index in [4.69, 9.17) is 4.74 Å². The lowest BCUT2D eigenvalue weighted by molar-refractivity contribution is -0.148. The van der Waals surface area contributed by atoms with Crippen LogP contribution < -0.4 is 5.32 Å². The highest BCUT2D eigenvalue weighted by atomic mass is 32.2. The van der Waals surface area contributed by atoms with Gasteiger partial charge in [0.25, 0.3) is 0 Å². The summed E-state index contributed by atoms with van der Waals surface area (Å²) < 4.78 is 4.92. The molecule has 4 heteroatoms. The SMILES string of the molecule is CCSCCCCC(C)(NC1CC1)C(=O)OC. The lowest BCUT2D eigenvalue weighted by Crippen LogP contribution is -2.51. The number of nitrogens with one attached hydrogen (secondary N) is 1. The molecule has 1 N–H and O–H groups in total. The van der Waals surface area contributed by atoms with Gasteiger partial charge in [-0.05, 0) is 44.1 Å². The lowest BCUT2D eigenvalue weighted by Gasteiger charge is -2.28. The highest BCUT2D eigenvalue weighted by Crippen LogP contribution is 2.26. The van der Waals surface area contributed by atoms with Crippen molar-refractivity contribution in [1.29, 1.82) is 0 Å². The zero-order chi connectivity index (χ0) is 12.7. The van der Waals surface area contributed by atoms with Gasteiger partial charge in [-0.3, -0.25) is 10.1 Å². The molecule has 1 saturated carbocycles. The summed E-state index contributed by atoms with van der Waals surface area (Å²) in [6.07, 6.45) is 5.52. The summed E-state index contributed by atoms with van der Waals surface area (Å²) in [6.45, 7) is 4.15. The van der Waals surface area contributed by atoms with Gasteiger partial charge in [-0.25, -0.2) is 0 Å². The standard InChI is InChI=1S/C13H25NO2S/c1-4-17-10-6-5-9-13(2,12(15)16-3)14-11-7-8-11/h11,14H,4-10H2,1-3H3. The van der Waals surface area contributed by atoms with Crippen molar-refractivity contribution in [2.45, 2.75) is 57.5 Å². The summed E-state index contributed by atoms with van der Waals surface area (Å²) in [5.74, 6) is 2.25. The number of hydrogen-bond donors (Lipinski definition) is 1. The first kappa shape index (κ1) is 14.8. The largest absolute Gasteiger partial charge is 0.468 e. The van der Waals surface area contributed by atoms with Crippen molar-refractivity contribution >= 4 is 17.7 Å². The first-order valence-corrected chi connectivity index (χ1v) is 7.71. The van der Waals surface area contributed by atoms with Crippen molar-refractivity contribution in [2.75, 3.05) is 18.6 Å². The molecular formula is C13H25NO2S. The fraction of sp³-hybridized carbons (Fsp3) is 0.923. The number of thioether (sulfide) groups is 1. The third-order valence-corrected chi connectivity index (χ3v) is 4.14. The van der Waals surface area contributed by atoms with Crippen molar-refractivity contribution in [3.63, 3.8) is 0 Å². The van der Waals surface area contributed by atoms with Crippen LogP contribution in [0.3, 0.4) is 0 Å². The molecule has 0 spiro atoms. The molecule has 1 rings (SSSR count).